The lowest BCUT2D eigenvalue weighted by atomic mass is 10.1. The normalized spacial score (nSPS) is 10.1. The first kappa shape index (κ1) is 17.6. The highest BCUT2D eigenvalue weighted by Crippen LogP contribution is 2.35. The maximum Gasteiger partial charge on any atom is 0.344 e. The maximum atomic E-state index is 11.7. The van der Waals surface area contributed by atoms with Gasteiger partial charge in [-0.1, -0.05) is 0 Å². The van der Waals surface area contributed by atoms with Crippen LogP contribution in [0, 0.1) is 20.2 Å². The number of nitro benzene ring substituents is 2. The minimum absolute atomic E-state index is 0.0825. The van der Waals surface area contributed by atoms with Gasteiger partial charge in [-0.3, -0.25) is 20.2 Å². The molecule has 0 aromatic heterocycles. The SMILES string of the molecule is CCN(CCCl)c1cc(C(=O)OC)c([N+](=O)[O-])cc1[N+](=O)[O-]. The number of benzene rings is 1. The Morgan fingerprint density at radius 3 is 2.27 bits per heavy atom. The average Bonchev–Trinajstić information content (AvgIpc) is 2.50. The predicted molar refractivity (Wildman–Crippen MR) is 79.7 cm³/mol. The van der Waals surface area contributed by atoms with Crippen molar-refractivity contribution in [1.82, 2.24) is 0 Å². The molecule has 0 fully saturated rings. The predicted octanol–water partition coefficient (Wildman–Crippen LogP) is 2.35. The monoisotopic (exact) mass is 331 g/mol. The fourth-order valence-electron chi connectivity index (χ4n) is 1.94. The van der Waals surface area contributed by atoms with E-state index in [1.807, 2.05) is 0 Å². The lowest BCUT2D eigenvalue weighted by molar-refractivity contribution is -0.393. The van der Waals surface area contributed by atoms with Gasteiger partial charge in [0.05, 0.1) is 23.0 Å². The lowest BCUT2D eigenvalue weighted by Gasteiger charge is -2.22. The summed E-state index contributed by atoms with van der Waals surface area (Å²) in [6.07, 6.45) is 0. The second kappa shape index (κ2) is 7.55. The molecule has 0 aliphatic rings. The van der Waals surface area contributed by atoms with Crippen LogP contribution >= 0.6 is 11.6 Å². The summed E-state index contributed by atoms with van der Waals surface area (Å²) in [6, 6.07) is 1.86. The molecule has 0 unspecified atom stereocenters. The standard InChI is InChI=1S/C12H14ClN3O6/c1-3-14(5-4-13)10-6-8(12(17)22-2)9(15(18)19)7-11(10)16(20)21/h6-7H,3-5H2,1-2H3. The lowest BCUT2D eigenvalue weighted by Crippen LogP contribution is -2.26. The number of methoxy groups -OCH3 is 1. The highest BCUT2D eigenvalue weighted by atomic mass is 35.5. The zero-order valence-electron chi connectivity index (χ0n) is 11.9. The summed E-state index contributed by atoms with van der Waals surface area (Å²) in [5.74, 6) is -0.736. The van der Waals surface area contributed by atoms with Gasteiger partial charge < -0.3 is 9.64 Å². The summed E-state index contributed by atoms with van der Waals surface area (Å²) < 4.78 is 4.50. The van der Waals surface area contributed by atoms with Crippen molar-refractivity contribution in [2.24, 2.45) is 0 Å². The van der Waals surface area contributed by atoms with E-state index in [4.69, 9.17) is 11.6 Å². The summed E-state index contributed by atoms with van der Waals surface area (Å²) in [4.78, 5) is 33.9. The molecule has 1 rings (SSSR count). The molecule has 0 saturated carbocycles. The molecule has 0 aliphatic carbocycles. The first-order valence-corrected chi connectivity index (χ1v) is 6.76. The second-order valence-corrected chi connectivity index (χ2v) is 4.51. The van der Waals surface area contributed by atoms with Crippen molar-refractivity contribution in [3.63, 3.8) is 0 Å². The molecule has 1 aromatic rings. The van der Waals surface area contributed by atoms with Crippen LogP contribution < -0.4 is 4.90 Å². The van der Waals surface area contributed by atoms with Crippen LogP contribution in [-0.4, -0.2) is 41.9 Å². The zero-order chi connectivity index (χ0) is 16.9. The Morgan fingerprint density at radius 2 is 1.86 bits per heavy atom. The number of nitro groups is 2. The summed E-state index contributed by atoms with van der Waals surface area (Å²) in [7, 11) is 1.07. The number of carbonyl (C=O) groups excluding carboxylic acids is 1. The van der Waals surface area contributed by atoms with Gasteiger partial charge in [0.15, 0.2) is 0 Å². The van der Waals surface area contributed by atoms with E-state index < -0.39 is 27.2 Å². The first-order chi connectivity index (χ1) is 10.4. The number of rotatable bonds is 7. The molecule has 0 radical (unpaired) electrons. The largest absolute Gasteiger partial charge is 0.465 e. The van der Waals surface area contributed by atoms with E-state index in [1.54, 1.807) is 11.8 Å². The number of hydrogen-bond acceptors (Lipinski definition) is 7. The van der Waals surface area contributed by atoms with E-state index in [0.717, 1.165) is 19.2 Å². The zero-order valence-corrected chi connectivity index (χ0v) is 12.7. The van der Waals surface area contributed by atoms with Gasteiger partial charge >= 0.3 is 5.97 Å². The van der Waals surface area contributed by atoms with Crippen LogP contribution in [0.25, 0.3) is 0 Å². The van der Waals surface area contributed by atoms with E-state index in [2.05, 4.69) is 4.74 Å². The number of hydrogen-bond donors (Lipinski definition) is 0. The smallest absolute Gasteiger partial charge is 0.344 e. The van der Waals surface area contributed by atoms with Gasteiger partial charge in [-0.25, -0.2) is 4.79 Å². The molecular weight excluding hydrogens is 318 g/mol. The highest BCUT2D eigenvalue weighted by Gasteiger charge is 2.30. The Bertz CT molecular complexity index is 607. The number of nitrogens with zero attached hydrogens (tertiary/aromatic N) is 3. The van der Waals surface area contributed by atoms with E-state index >= 15 is 0 Å². The van der Waals surface area contributed by atoms with Crippen molar-refractivity contribution < 1.29 is 19.4 Å². The van der Waals surface area contributed by atoms with Crippen LogP contribution in [0.1, 0.15) is 17.3 Å². The van der Waals surface area contributed by atoms with Crippen molar-refractivity contribution in [1.29, 1.82) is 0 Å². The van der Waals surface area contributed by atoms with E-state index in [9.17, 15) is 25.0 Å². The van der Waals surface area contributed by atoms with Crippen molar-refractivity contribution >= 4 is 34.6 Å². The van der Waals surface area contributed by atoms with Gasteiger partial charge in [-0.2, -0.15) is 0 Å². The molecule has 0 atom stereocenters. The van der Waals surface area contributed by atoms with Crippen LogP contribution in [0.15, 0.2) is 12.1 Å². The Hall–Kier alpha value is -2.42. The molecule has 0 heterocycles. The number of esters is 1. The van der Waals surface area contributed by atoms with Gasteiger partial charge in [0.25, 0.3) is 11.4 Å². The van der Waals surface area contributed by atoms with Crippen LogP contribution in [0.2, 0.25) is 0 Å². The first-order valence-electron chi connectivity index (χ1n) is 6.23. The number of carbonyl (C=O) groups is 1. The molecule has 0 amide bonds. The van der Waals surface area contributed by atoms with Crippen LogP contribution in [0.4, 0.5) is 17.1 Å². The molecule has 10 heteroatoms. The topological polar surface area (TPSA) is 116 Å². The third-order valence-corrected chi connectivity index (χ3v) is 3.14. The fraction of sp³-hybridized carbons (Fsp3) is 0.417. The molecule has 0 saturated heterocycles. The minimum atomic E-state index is -0.940. The summed E-state index contributed by atoms with van der Waals surface area (Å²) in [5, 5.41) is 22.2. The molecule has 0 bridgehead atoms. The van der Waals surface area contributed by atoms with Gasteiger partial charge in [0.1, 0.15) is 11.3 Å². The Labute approximate surface area is 130 Å². The molecule has 9 nitrogen and oxygen atoms in total. The van der Waals surface area contributed by atoms with Gasteiger partial charge in [-0.15, -0.1) is 11.6 Å². The minimum Gasteiger partial charge on any atom is -0.465 e. The van der Waals surface area contributed by atoms with Crippen molar-refractivity contribution in [2.75, 3.05) is 31.0 Å². The molecule has 22 heavy (non-hydrogen) atoms. The molecule has 0 N–H and O–H groups in total. The van der Waals surface area contributed by atoms with E-state index in [-0.39, 0.29) is 23.7 Å². The average molecular weight is 332 g/mol. The van der Waals surface area contributed by atoms with Gasteiger partial charge in [0.2, 0.25) is 0 Å². The quantitative estimate of drug-likeness (QED) is 0.326. The molecular formula is C12H14ClN3O6. The van der Waals surface area contributed by atoms with Crippen LogP contribution in [0.5, 0.6) is 0 Å². The number of anilines is 1. The van der Waals surface area contributed by atoms with E-state index in [0.29, 0.717) is 6.54 Å². The van der Waals surface area contributed by atoms with Crippen LogP contribution in [-0.2, 0) is 4.74 Å². The number of ether oxygens (including phenoxy) is 1. The van der Waals surface area contributed by atoms with Crippen molar-refractivity contribution in [3.05, 3.63) is 37.9 Å². The maximum absolute atomic E-state index is 11.7. The molecule has 120 valence electrons. The third-order valence-electron chi connectivity index (χ3n) is 2.97. The Morgan fingerprint density at radius 1 is 1.27 bits per heavy atom. The summed E-state index contributed by atoms with van der Waals surface area (Å²) in [6.45, 7) is 2.42. The van der Waals surface area contributed by atoms with Gasteiger partial charge in [0, 0.05) is 19.0 Å². The fourth-order valence-corrected chi connectivity index (χ4v) is 2.14. The number of alkyl halides is 1. The second-order valence-electron chi connectivity index (χ2n) is 4.13. The van der Waals surface area contributed by atoms with Crippen molar-refractivity contribution in [3.8, 4) is 0 Å². The summed E-state index contributed by atoms with van der Waals surface area (Å²) >= 11 is 5.66. The Kier molecular flexibility index (Phi) is 6.05. The molecule has 0 aliphatic heterocycles. The van der Waals surface area contributed by atoms with Gasteiger partial charge in [-0.05, 0) is 13.0 Å². The van der Waals surface area contributed by atoms with E-state index in [1.165, 1.54) is 0 Å². The number of halogens is 1. The van der Waals surface area contributed by atoms with Crippen molar-refractivity contribution in [2.45, 2.75) is 6.92 Å². The molecule has 0 spiro atoms. The highest BCUT2D eigenvalue weighted by molar-refractivity contribution is 6.18. The molecule has 1 aromatic carbocycles. The third kappa shape index (κ3) is 3.61. The van der Waals surface area contributed by atoms with Crippen LogP contribution in [0.3, 0.4) is 0 Å². The Balaban J connectivity index is 3.63. The summed E-state index contributed by atoms with van der Waals surface area (Å²) in [5.41, 5.74) is -1.41.